The molecular weight excluding hydrogens is 606 g/mol. The highest BCUT2D eigenvalue weighted by atomic mass is 19.3. The first-order valence-corrected chi connectivity index (χ1v) is 18.1. The third kappa shape index (κ3) is 13.8. The van der Waals surface area contributed by atoms with Gasteiger partial charge in [0.1, 0.15) is 0 Å². The zero-order chi connectivity index (χ0) is 36.4. The first kappa shape index (κ1) is 43.0. The van der Waals surface area contributed by atoms with Gasteiger partial charge in [0.15, 0.2) is 0 Å². The predicted octanol–water partition coefficient (Wildman–Crippen LogP) is 9.99. The second-order valence-electron chi connectivity index (χ2n) is 13.3. The van der Waals surface area contributed by atoms with Crippen LogP contribution in [0.3, 0.4) is 0 Å². The van der Waals surface area contributed by atoms with Crippen molar-refractivity contribution in [3.05, 3.63) is 52.4 Å². The molecule has 1 unspecified atom stereocenters. The van der Waals surface area contributed by atoms with Gasteiger partial charge in [-0.15, -0.1) is 0 Å². The number of carbonyl (C=O) groups is 1. The SMILES string of the molecule is CCC.CCC(C)C(=N)C1=C(C)CCN(C(=O)NC)C1.CCCC1CCN(CC)CC1.Cc1cc(-c2cnn(C)c2)c(C(F)F)cc1C. The van der Waals surface area contributed by atoms with E-state index in [0.29, 0.717) is 17.8 Å². The Morgan fingerprint density at radius 1 is 1.04 bits per heavy atom. The molecule has 3 heterocycles. The third-order valence-corrected chi connectivity index (χ3v) is 9.32. The first-order valence-electron chi connectivity index (χ1n) is 18.1. The predicted molar refractivity (Wildman–Crippen MR) is 199 cm³/mol. The summed E-state index contributed by atoms with van der Waals surface area (Å²) in [5.41, 5.74) is 6.26. The quantitative estimate of drug-likeness (QED) is 0.274. The molecule has 1 aromatic carbocycles. The van der Waals surface area contributed by atoms with E-state index < -0.39 is 6.43 Å². The van der Waals surface area contributed by atoms with Gasteiger partial charge in [0, 0.05) is 50.2 Å². The molecule has 0 spiro atoms. The van der Waals surface area contributed by atoms with Crippen molar-refractivity contribution in [3.63, 3.8) is 0 Å². The van der Waals surface area contributed by atoms with Crippen molar-refractivity contribution in [1.82, 2.24) is 24.9 Å². The molecular formula is C39H66F2N6O. The van der Waals surface area contributed by atoms with Gasteiger partial charge in [-0.2, -0.15) is 5.10 Å². The number of aromatic nitrogens is 2. The normalized spacial score (nSPS) is 15.8. The lowest BCUT2D eigenvalue weighted by Gasteiger charge is -2.31. The average Bonchev–Trinajstić information content (AvgIpc) is 3.52. The molecule has 0 radical (unpaired) electrons. The maximum Gasteiger partial charge on any atom is 0.317 e. The molecule has 2 aliphatic heterocycles. The summed E-state index contributed by atoms with van der Waals surface area (Å²) in [6.45, 7) is 24.1. The van der Waals surface area contributed by atoms with E-state index in [1.807, 2.05) is 13.8 Å². The first-order chi connectivity index (χ1) is 22.8. The summed E-state index contributed by atoms with van der Waals surface area (Å²) < 4.78 is 27.6. The molecule has 0 aliphatic carbocycles. The Morgan fingerprint density at radius 2 is 1.65 bits per heavy atom. The second-order valence-corrected chi connectivity index (χ2v) is 13.3. The van der Waals surface area contributed by atoms with Crippen molar-refractivity contribution in [2.24, 2.45) is 18.9 Å². The Bertz CT molecular complexity index is 1280. The lowest BCUT2D eigenvalue weighted by atomic mass is 9.90. The van der Waals surface area contributed by atoms with Crippen LogP contribution in [0.25, 0.3) is 11.1 Å². The van der Waals surface area contributed by atoms with Gasteiger partial charge >= 0.3 is 6.03 Å². The number of carbonyl (C=O) groups excluding carboxylic acids is 1. The van der Waals surface area contributed by atoms with Crippen LogP contribution in [0.4, 0.5) is 13.6 Å². The molecule has 1 aromatic heterocycles. The maximum absolute atomic E-state index is 13.0. The Hall–Kier alpha value is -3.07. The highest BCUT2D eigenvalue weighted by Gasteiger charge is 2.24. The van der Waals surface area contributed by atoms with Crippen LogP contribution in [0.15, 0.2) is 35.7 Å². The van der Waals surface area contributed by atoms with Gasteiger partial charge in [0.25, 0.3) is 6.43 Å². The van der Waals surface area contributed by atoms with Gasteiger partial charge in [0.05, 0.1) is 6.20 Å². The summed E-state index contributed by atoms with van der Waals surface area (Å²) >= 11 is 0. The average molecular weight is 673 g/mol. The zero-order valence-corrected chi connectivity index (χ0v) is 32.0. The Labute approximate surface area is 291 Å². The molecule has 48 heavy (non-hydrogen) atoms. The lowest BCUT2D eigenvalue weighted by Crippen LogP contribution is -2.43. The summed E-state index contributed by atoms with van der Waals surface area (Å²) in [4.78, 5) is 15.9. The number of halogens is 2. The number of rotatable bonds is 8. The van der Waals surface area contributed by atoms with E-state index in [9.17, 15) is 13.6 Å². The number of benzene rings is 1. The largest absolute Gasteiger partial charge is 0.341 e. The molecule has 0 saturated carbocycles. The molecule has 7 nitrogen and oxygen atoms in total. The van der Waals surface area contributed by atoms with E-state index >= 15 is 0 Å². The fourth-order valence-corrected chi connectivity index (χ4v) is 5.84. The minimum Gasteiger partial charge on any atom is -0.341 e. The number of alkyl halides is 2. The molecule has 2 amide bonds. The number of nitrogens with zero attached hydrogens (tertiary/aromatic N) is 4. The molecule has 1 saturated heterocycles. The fraction of sp³-hybridized carbons (Fsp3) is 0.667. The molecule has 2 aromatic rings. The number of piperidine rings is 1. The van der Waals surface area contributed by atoms with Gasteiger partial charge in [-0.3, -0.25) is 4.68 Å². The number of hydrogen-bond donors (Lipinski definition) is 2. The van der Waals surface area contributed by atoms with Crippen molar-refractivity contribution in [1.29, 1.82) is 5.41 Å². The molecule has 2 aliphatic rings. The van der Waals surface area contributed by atoms with Crippen LogP contribution in [0.1, 0.15) is 117 Å². The number of amides is 2. The van der Waals surface area contributed by atoms with Crippen LogP contribution in [0.2, 0.25) is 0 Å². The Morgan fingerprint density at radius 3 is 2.12 bits per heavy atom. The smallest absolute Gasteiger partial charge is 0.317 e. The summed E-state index contributed by atoms with van der Waals surface area (Å²) in [5.74, 6) is 1.31. The van der Waals surface area contributed by atoms with Crippen molar-refractivity contribution in [3.8, 4) is 11.1 Å². The van der Waals surface area contributed by atoms with Gasteiger partial charge in [0.2, 0.25) is 0 Å². The van der Waals surface area contributed by atoms with Gasteiger partial charge in [-0.25, -0.2) is 13.6 Å². The van der Waals surface area contributed by atoms with E-state index in [0.717, 1.165) is 47.6 Å². The molecule has 0 bridgehead atoms. The molecule has 272 valence electrons. The Balaban J connectivity index is 0.000000353. The Kier molecular flexibility index (Phi) is 20.2. The second kappa shape index (κ2) is 22.5. The number of nitrogens with one attached hydrogen (secondary N) is 2. The number of aryl methyl sites for hydroxylation is 3. The minimum absolute atomic E-state index is 0.0491. The zero-order valence-electron chi connectivity index (χ0n) is 32.0. The summed E-state index contributed by atoms with van der Waals surface area (Å²) in [5, 5.41) is 14.9. The van der Waals surface area contributed by atoms with E-state index in [4.69, 9.17) is 5.41 Å². The summed E-state index contributed by atoms with van der Waals surface area (Å²) in [6.07, 6.45) is 9.70. The molecule has 4 rings (SSSR count). The van der Waals surface area contributed by atoms with Gasteiger partial charge in [-0.05, 0) is 106 Å². The summed E-state index contributed by atoms with van der Waals surface area (Å²) in [6, 6.07) is 3.31. The van der Waals surface area contributed by atoms with Crippen LogP contribution >= 0.6 is 0 Å². The van der Waals surface area contributed by atoms with Crippen LogP contribution in [0.5, 0.6) is 0 Å². The van der Waals surface area contributed by atoms with Crippen molar-refractivity contribution < 1.29 is 13.6 Å². The van der Waals surface area contributed by atoms with E-state index in [2.05, 4.69) is 63.8 Å². The van der Waals surface area contributed by atoms with E-state index in [1.54, 1.807) is 48.2 Å². The maximum atomic E-state index is 13.0. The summed E-state index contributed by atoms with van der Waals surface area (Å²) in [7, 11) is 3.42. The molecule has 2 N–H and O–H groups in total. The van der Waals surface area contributed by atoms with Gasteiger partial charge in [-0.1, -0.05) is 72.4 Å². The monoisotopic (exact) mass is 673 g/mol. The third-order valence-electron chi connectivity index (χ3n) is 9.32. The van der Waals surface area contributed by atoms with Crippen LogP contribution in [-0.4, -0.2) is 71.1 Å². The van der Waals surface area contributed by atoms with Crippen molar-refractivity contribution >= 4 is 11.7 Å². The lowest BCUT2D eigenvalue weighted by molar-refractivity contribution is 0.152. The highest BCUT2D eigenvalue weighted by molar-refractivity contribution is 6.01. The number of urea groups is 1. The fourth-order valence-electron chi connectivity index (χ4n) is 5.84. The van der Waals surface area contributed by atoms with Crippen LogP contribution < -0.4 is 5.32 Å². The minimum atomic E-state index is -2.47. The number of likely N-dealkylation sites (tertiary alicyclic amines) is 1. The van der Waals surface area contributed by atoms with Crippen LogP contribution in [-0.2, 0) is 7.05 Å². The van der Waals surface area contributed by atoms with Crippen LogP contribution in [0, 0.1) is 31.1 Å². The topological polar surface area (TPSA) is 77.2 Å². The molecule has 9 heteroatoms. The van der Waals surface area contributed by atoms with Gasteiger partial charge < -0.3 is 20.5 Å². The standard InChI is InChI=1S/C13H14F2N2.C13H23N3O.C10H21N.C3H8/c1-8-4-11(10-6-16-17(3)7-10)12(13(14)15)5-9(8)2;1-5-9(2)12(14)11-8-16(13(17)15-4)7-6-10(11)3;1-3-5-10-6-8-11(4-2)9-7-10;1-3-2/h4-7,13H,1-3H3;9,14H,5-8H2,1-4H3,(H,15,17);10H,3-9H2,1-2H3;3H2,1-2H3. The van der Waals surface area contributed by atoms with Crippen molar-refractivity contribution in [2.75, 3.05) is 39.8 Å². The van der Waals surface area contributed by atoms with E-state index in [1.165, 1.54) is 57.3 Å². The highest BCUT2D eigenvalue weighted by Crippen LogP contribution is 2.33. The molecule has 1 fully saturated rings. The van der Waals surface area contributed by atoms with Crippen molar-refractivity contribution in [2.45, 2.75) is 114 Å². The number of hydrogen-bond acceptors (Lipinski definition) is 4. The molecule has 1 atom stereocenters. The van der Waals surface area contributed by atoms with E-state index in [-0.39, 0.29) is 17.5 Å².